The van der Waals surface area contributed by atoms with Gasteiger partial charge in [-0.3, -0.25) is 9.13 Å². The third kappa shape index (κ3) is 6.40. The molecule has 0 radical (unpaired) electrons. The number of anilines is 6. The van der Waals surface area contributed by atoms with Crippen LogP contribution in [0.1, 0.15) is 5.56 Å². The second-order valence-corrected chi connectivity index (χ2v) is 20.9. The SMILES string of the molecule is Cc1c2c(cc3c1Oc1cc(N(c4ccccc4)c4ccccc4)cc4c1B3c1cccc3nc(-c5ccccc5)n-4c13)B1c3c(cc(N(c4ccccc4)c4ccccc4)cc3-n3c(-c4ccccc4)nc4cccc1c43)O2. The van der Waals surface area contributed by atoms with Gasteiger partial charge in [0, 0.05) is 62.9 Å². The molecule has 0 spiro atoms. The Kier molecular flexibility index (Phi) is 9.36. The Morgan fingerprint density at radius 1 is 0.354 bits per heavy atom. The number of rotatable bonds is 8. The predicted molar refractivity (Wildman–Crippen MR) is 323 cm³/mol. The molecule has 8 nitrogen and oxygen atoms in total. The molecule has 6 heterocycles. The van der Waals surface area contributed by atoms with Crippen molar-refractivity contribution >= 4 is 102 Å². The zero-order valence-corrected chi connectivity index (χ0v) is 42.8. The number of aromatic nitrogens is 4. The Labute approximate surface area is 456 Å². The van der Waals surface area contributed by atoms with Crippen LogP contribution >= 0.6 is 0 Å². The molecule has 0 N–H and O–H groups in total. The van der Waals surface area contributed by atoms with Crippen LogP contribution in [-0.4, -0.2) is 32.5 Å². The van der Waals surface area contributed by atoms with Crippen molar-refractivity contribution in [3.63, 3.8) is 0 Å². The van der Waals surface area contributed by atoms with Gasteiger partial charge in [-0.05, 0) is 112 Å². The van der Waals surface area contributed by atoms with Gasteiger partial charge >= 0.3 is 0 Å². The summed E-state index contributed by atoms with van der Waals surface area (Å²) in [5, 5.41) is 0. The van der Waals surface area contributed by atoms with Crippen LogP contribution in [-0.2, 0) is 0 Å². The molecular weight excluding hydrogens is 966 g/mol. The first-order valence-electron chi connectivity index (χ1n) is 27.0. The minimum Gasteiger partial charge on any atom is -0.458 e. The molecule has 0 saturated heterocycles. The van der Waals surface area contributed by atoms with Gasteiger partial charge in [-0.2, -0.15) is 0 Å². The lowest BCUT2D eigenvalue weighted by molar-refractivity contribution is 0.459. The predicted octanol–water partition coefficient (Wildman–Crippen LogP) is 12.8. The molecular formula is C69H44B2N6O2. The molecule has 4 aliphatic heterocycles. The molecule has 2 aromatic heterocycles. The van der Waals surface area contributed by atoms with Crippen LogP contribution in [0.2, 0.25) is 0 Å². The van der Waals surface area contributed by atoms with E-state index >= 15 is 0 Å². The van der Waals surface area contributed by atoms with Crippen LogP contribution in [0.15, 0.2) is 249 Å². The lowest BCUT2D eigenvalue weighted by atomic mass is 9.31. The van der Waals surface area contributed by atoms with Gasteiger partial charge < -0.3 is 19.3 Å². The molecule has 0 saturated carbocycles. The third-order valence-electron chi connectivity index (χ3n) is 16.5. The molecule has 0 amide bonds. The number of benzene rings is 11. The molecule has 0 unspecified atom stereocenters. The summed E-state index contributed by atoms with van der Waals surface area (Å²) in [5.41, 5.74) is 22.0. The summed E-state index contributed by atoms with van der Waals surface area (Å²) >= 11 is 0. The first-order valence-corrected chi connectivity index (χ1v) is 27.0. The summed E-state index contributed by atoms with van der Waals surface area (Å²) < 4.78 is 20.0. The molecule has 0 aliphatic carbocycles. The standard InChI is InChI=1S/C69H44B2N6O2/c1-43-66-54(70-52-34-20-36-56-64(52)76(68(72-56)44-22-8-2-9-23-44)58-38-50(40-60(78-66)62(58)70)74(46-26-12-4-13-27-46)47-28-14-5-15-29-47)42-55-67(43)79-61-41-51(75(48-30-16-6-17-31-48)49-32-18-7-19-33-49)39-59-63(61)71(55)53-35-21-37-57-65(53)77(59)69(73-57)45-24-10-3-11-25-45/h2-42H,1H3. The van der Waals surface area contributed by atoms with E-state index in [1.165, 1.54) is 10.9 Å². The Hall–Kier alpha value is -10.3. The van der Waals surface area contributed by atoms with Crippen molar-refractivity contribution in [2.75, 3.05) is 9.80 Å². The largest absolute Gasteiger partial charge is 0.458 e. The minimum atomic E-state index is -0.201. The van der Waals surface area contributed by atoms with E-state index in [2.05, 4.69) is 275 Å². The number of ether oxygens (including phenoxy) is 2. The molecule has 0 bridgehead atoms. The normalized spacial score (nSPS) is 12.8. The quantitative estimate of drug-likeness (QED) is 0.141. The van der Waals surface area contributed by atoms with Crippen molar-refractivity contribution < 1.29 is 9.47 Å². The van der Waals surface area contributed by atoms with E-state index in [9.17, 15) is 0 Å². The zero-order valence-electron chi connectivity index (χ0n) is 42.8. The molecule has 79 heavy (non-hydrogen) atoms. The van der Waals surface area contributed by atoms with E-state index < -0.39 is 0 Å². The highest BCUT2D eigenvalue weighted by molar-refractivity contribution is 7.02. The zero-order chi connectivity index (χ0) is 51.9. The Balaban J connectivity index is 0.939. The van der Waals surface area contributed by atoms with Gasteiger partial charge in [-0.25, -0.2) is 9.97 Å². The second-order valence-electron chi connectivity index (χ2n) is 20.9. The van der Waals surface area contributed by atoms with Crippen LogP contribution in [0.4, 0.5) is 34.1 Å². The van der Waals surface area contributed by atoms with Crippen LogP contribution in [0.25, 0.3) is 56.2 Å². The van der Waals surface area contributed by atoms with E-state index in [0.717, 1.165) is 141 Å². The Bertz CT molecular complexity index is 4260. The van der Waals surface area contributed by atoms with Crippen molar-refractivity contribution in [1.82, 2.24) is 19.1 Å². The molecule has 4 aliphatic rings. The Morgan fingerprint density at radius 3 is 1.08 bits per heavy atom. The van der Waals surface area contributed by atoms with E-state index in [-0.39, 0.29) is 13.4 Å². The molecule has 13 aromatic rings. The van der Waals surface area contributed by atoms with E-state index in [4.69, 9.17) is 19.4 Å². The number of hydrogen-bond donors (Lipinski definition) is 0. The number of imidazole rings is 2. The maximum Gasteiger partial charge on any atom is 0.256 e. The summed E-state index contributed by atoms with van der Waals surface area (Å²) in [7, 11) is 0. The van der Waals surface area contributed by atoms with Gasteiger partial charge in [0.25, 0.3) is 13.4 Å². The maximum atomic E-state index is 7.59. The fraction of sp³-hybridized carbons (Fsp3) is 0.0145. The minimum absolute atomic E-state index is 0.201. The first kappa shape index (κ1) is 43.9. The van der Waals surface area contributed by atoms with E-state index in [0.29, 0.717) is 0 Å². The number of nitrogens with zero attached hydrogens (tertiary/aromatic N) is 6. The molecule has 17 rings (SSSR count). The van der Waals surface area contributed by atoms with Crippen molar-refractivity contribution in [3.8, 4) is 57.1 Å². The highest BCUT2D eigenvalue weighted by Crippen LogP contribution is 2.47. The lowest BCUT2D eigenvalue weighted by Gasteiger charge is -2.39. The molecule has 10 heteroatoms. The molecule has 0 fully saturated rings. The highest BCUT2D eigenvalue weighted by atomic mass is 16.5. The second kappa shape index (κ2) is 16.8. The fourth-order valence-corrected chi connectivity index (χ4v) is 13.3. The van der Waals surface area contributed by atoms with Crippen LogP contribution in [0.3, 0.4) is 0 Å². The number of fused-ring (bicyclic) bond motifs is 8. The van der Waals surface area contributed by atoms with Crippen molar-refractivity contribution in [2.24, 2.45) is 0 Å². The van der Waals surface area contributed by atoms with Gasteiger partial charge in [-0.15, -0.1) is 0 Å². The van der Waals surface area contributed by atoms with E-state index in [1.807, 2.05) is 0 Å². The van der Waals surface area contributed by atoms with E-state index in [1.54, 1.807) is 0 Å². The van der Waals surface area contributed by atoms with Gasteiger partial charge in [0.1, 0.15) is 34.6 Å². The van der Waals surface area contributed by atoms with Crippen molar-refractivity contribution in [3.05, 3.63) is 254 Å². The Morgan fingerprint density at radius 2 is 0.709 bits per heavy atom. The summed E-state index contributed by atoms with van der Waals surface area (Å²) in [5.74, 6) is 4.97. The number of hydrogen-bond acceptors (Lipinski definition) is 6. The van der Waals surface area contributed by atoms with Crippen LogP contribution in [0.5, 0.6) is 23.0 Å². The maximum absolute atomic E-state index is 7.59. The average Bonchev–Trinajstić information content (AvgIpc) is 3.67. The highest BCUT2D eigenvalue weighted by Gasteiger charge is 2.47. The molecule has 11 aromatic carbocycles. The average molecular weight is 1010 g/mol. The summed E-state index contributed by atoms with van der Waals surface area (Å²) in [6.45, 7) is 1.79. The third-order valence-corrected chi connectivity index (χ3v) is 16.5. The van der Waals surface area contributed by atoms with Crippen molar-refractivity contribution in [1.29, 1.82) is 0 Å². The lowest BCUT2D eigenvalue weighted by Crippen LogP contribution is -2.62. The molecule has 368 valence electrons. The number of para-hydroxylation sites is 6. The molecule has 0 atom stereocenters. The van der Waals surface area contributed by atoms with Gasteiger partial charge in [0.05, 0.1) is 33.4 Å². The fourth-order valence-electron chi connectivity index (χ4n) is 13.3. The summed E-state index contributed by atoms with van der Waals surface area (Å²) in [6.07, 6.45) is 0. The van der Waals surface area contributed by atoms with Gasteiger partial charge in [0.15, 0.2) is 0 Å². The van der Waals surface area contributed by atoms with Gasteiger partial charge in [-0.1, -0.05) is 164 Å². The summed E-state index contributed by atoms with van der Waals surface area (Å²) in [4.78, 5) is 15.6. The monoisotopic (exact) mass is 1010 g/mol. The summed E-state index contributed by atoms with van der Waals surface area (Å²) in [6, 6.07) is 88.3. The van der Waals surface area contributed by atoms with Gasteiger partial charge in [0.2, 0.25) is 0 Å². The van der Waals surface area contributed by atoms with Crippen LogP contribution in [0, 0.1) is 6.92 Å². The topological polar surface area (TPSA) is 60.6 Å². The smallest absolute Gasteiger partial charge is 0.256 e. The first-order chi connectivity index (χ1) is 39.1. The van der Waals surface area contributed by atoms with Crippen LogP contribution < -0.4 is 52.1 Å². The van der Waals surface area contributed by atoms with Crippen molar-refractivity contribution in [2.45, 2.75) is 6.92 Å².